The molecule has 0 saturated carbocycles. The molecule has 3 aromatic carbocycles. The van der Waals surface area contributed by atoms with Crippen molar-refractivity contribution in [2.75, 3.05) is 4.90 Å². The molecule has 1 saturated heterocycles. The molecule has 3 aromatic rings. The maximum absolute atomic E-state index is 13.8. The summed E-state index contributed by atoms with van der Waals surface area (Å²) < 4.78 is 0.679. The van der Waals surface area contributed by atoms with Gasteiger partial charge in [0.2, 0.25) is 11.8 Å². The van der Waals surface area contributed by atoms with Gasteiger partial charge < -0.3 is 0 Å². The SMILES string of the molecule is N#CC12c3ccccc3C(c3ccccc31)[C@H]1C(=O)N(c3ccccc3Br)C(=O)[C@H]12. The molecule has 4 aliphatic rings. The van der Waals surface area contributed by atoms with Crippen LogP contribution in [0.4, 0.5) is 5.69 Å². The zero-order valence-electron chi connectivity index (χ0n) is 15.7. The van der Waals surface area contributed by atoms with E-state index >= 15 is 0 Å². The Morgan fingerprint density at radius 1 is 0.833 bits per heavy atom. The van der Waals surface area contributed by atoms with E-state index in [2.05, 4.69) is 22.0 Å². The van der Waals surface area contributed by atoms with Crippen LogP contribution in [0, 0.1) is 23.2 Å². The average Bonchev–Trinajstić information content (AvgIpc) is 3.05. The van der Waals surface area contributed by atoms with Gasteiger partial charge in [-0.05, 0) is 50.3 Å². The van der Waals surface area contributed by atoms with E-state index in [9.17, 15) is 14.9 Å². The average molecular weight is 455 g/mol. The van der Waals surface area contributed by atoms with Crippen molar-refractivity contribution in [3.05, 3.63) is 99.5 Å². The third kappa shape index (κ3) is 1.86. The van der Waals surface area contributed by atoms with Gasteiger partial charge in [-0.2, -0.15) is 5.26 Å². The summed E-state index contributed by atoms with van der Waals surface area (Å²) in [7, 11) is 0. The zero-order valence-corrected chi connectivity index (χ0v) is 17.3. The quantitative estimate of drug-likeness (QED) is 0.507. The Bertz CT molecular complexity index is 1260. The lowest BCUT2D eigenvalue weighted by atomic mass is 9.48. The third-order valence-electron chi connectivity index (χ3n) is 6.89. The number of carbonyl (C=O) groups excluding carboxylic acids is 2. The van der Waals surface area contributed by atoms with E-state index in [0.29, 0.717) is 10.2 Å². The molecule has 144 valence electrons. The van der Waals surface area contributed by atoms with Crippen molar-refractivity contribution in [3.63, 3.8) is 0 Å². The maximum Gasteiger partial charge on any atom is 0.240 e. The predicted octanol–water partition coefficient (Wildman–Crippen LogP) is 4.52. The number of hydrogen-bond acceptors (Lipinski definition) is 3. The highest BCUT2D eigenvalue weighted by atomic mass is 79.9. The normalized spacial score (nSPS) is 28.0. The molecule has 2 amide bonds. The van der Waals surface area contributed by atoms with Gasteiger partial charge >= 0.3 is 0 Å². The summed E-state index contributed by atoms with van der Waals surface area (Å²) in [4.78, 5) is 28.8. The fraction of sp³-hybridized carbons (Fsp3) is 0.160. The van der Waals surface area contributed by atoms with Crippen molar-refractivity contribution in [1.82, 2.24) is 0 Å². The Morgan fingerprint density at radius 3 is 2.00 bits per heavy atom. The van der Waals surface area contributed by atoms with E-state index in [4.69, 9.17) is 0 Å². The van der Waals surface area contributed by atoms with Crippen LogP contribution in [-0.2, 0) is 15.0 Å². The maximum atomic E-state index is 13.8. The third-order valence-corrected chi connectivity index (χ3v) is 7.56. The second-order valence-electron chi connectivity index (χ2n) is 8.04. The van der Waals surface area contributed by atoms with Crippen LogP contribution in [0.25, 0.3) is 0 Å². The van der Waals surface area contributed by atoms with Gasteiger partial charge in [0.15, 0.2) is 0 Å². The molecule has 0 aromatic heterocycles. The van der Waals surface area contributed by atoms with Crippen molar-refractivity contribution in [2.24, 2.45) is 11.8 Å². The van der Waals surface area contributed by atoms with Crippen molar-refractivity contribution >= 4 is 33.4 Å². The predicted molar refractivity (Wildman–Crippen MR) is 115 cm³/mol. The number of nitrogens with zero attached hydrogens (tertiary/aromatic N) is 2. The van der Waals surface area contributed by atoms with Gasteiger partial charge in [-0.1, -0.05) is 60.7 Å². The first kappa shape index (κ1) is 17.6. The number of para-hydroxylation sites is 1. The number of benzene rings is 3. The molecule has 30 heavy (non-hydrogen) atoms. The Labute approximate surface area is 181 Å². The van der Waals surface area contributed by atoms with Crippen LogP contribution in [0.1, 0.15) is 28.2 Å². The van der Waals surface area contributed by atoms with Gasteiger partial charge in [0.05, 0.1) is 23.6 Å². The van der Waals surface area contributed by atoms with Crippen molar-refractivity contribution in [1.29, 1.82) is 5.26 Å². The number of amides is 2. The highest BCUT2D eigenvalue weighted by Gasteiger charge is 2.68. The molecule has 1 heterocycles. The van der Waals surface area contributed by atoms with Crippen LogP contribution in [0.15, 0.2) is 77.3 Å². The first-order valence-corrected chi connectivity index (χ1v) is 10.6. The lowest BCUT2D eigenvalue weighted by molar-refractivity contribution is -0.122. The van der Waals surface area contributed by atoms with Gasteiger partial charge in [0.25, 0.3) is 0 Å². The fourth-order valence-electron chi connectivity index (χ4n) is 5.83. The molecule has 0 spiro atoms. The minimum absolute atomic E-state index is 0.231. The molecule has 1 aliphatic heterocycles. The molecule has 7 rings (SSSR count). The largest absolute Gasteiger partial charge is 0.274 e. The van der Waals surface area contributed by atoms with Crippen molar-refractivity contribution in [3.8, 4) is 6.07 Å². The Hall–Kier alpha value is -3.23. The van der Waals surface area contributed by atoms with E-state index in [1.165, 1.54) is 4.90 Å². The zero-order chi connectivity index (χ0) is 20.6. The molecule has 0 unspecified atom stereocenters. The Morgan fingerprint density at radius 2 is 1.40 bits per heavy atom. The molecule has 0 N–H and O–H groups in total. The first-order chi connectivity index (χ1) is 14.6. The van der Waals surface area contributed by atoms with E-state index < -0.39 is 17.3 Å². The smallest absolute Gasteiger partial charge is 0.240 e. The second kappa shape index (κ2) is 5.90. The molecule has 0 radical (unpaired) electrons. The standard InChI is InChI=1S/C25H15BrN2O2/c26-18-11-5-6-12-19(18)28-23(29)21-20-14-7-1-3-9-16(14)25(13-27,22(21)24(28)30)17-10-4-2-8-15(17)20/h1-12,20-22H/t20?,21-,22+,25?/m1/s1. The summed E-state index contributed by atoms with van der Waals surface area (Å²) in [5, 5.41) is 10.6. The summed E-state index contributed by atoms with van der Waals surface area (Å²) >= 11 is 3.48. The Balaban J connectivity index is 1.67. The minimum atomic E-state index is -1.17. The number of imide groups is 1. The van der Waals surface area contributed by atoms with E-state index in [1.54, 1.807) is 12.1 Å². The molecule has 5 heteroatoms. The number of hydrogen-bond donors (Lipinski definition) is 0. The topological polar surface area (TPSA) is 61.2 Å². The van der Waals surface area contributed by atoms with E-state index in [0.717, 1.165) is 22.3 Å². The molecule has 1 fully saturated rings. The first-order valence-electron chi connectivity index (χ1n) is 9.83. The van der Waals surface area contributed by atoms with Crippen molar-refractivity contribution in [2.45, 2.75) is 11.3 Å². The van der Waals surface area contributed by atoms with Crippen LogP contribution in [-0.4, -0.2) is 11.8 Å². The lowest BCUT2D eigenvalue weighted by Gasteiger charge is -2.50. The van der Waals surface area contributed by atoms with E-state index in [1.807, 2.05) is 60.7 Å². The van der Waals surface area contributed by atoms with Gasteiger partial charge in [0, 0.05) is 10.4 Å². The summed E-state index contributed by atoms with van der Waals surface area (Å²) in [6.07, 6.45) is 0. The molecule has 3 aliphatic carbocycles. The number of anilines is 1. The monoisotopic (exact) mass is 454 g/mol. The number of halogens is 1. The summed E-state index contributed by atoms with van der Waals surface area (Å²) in [5.74, 6) is -2.09. The van der Waals surface area contributed by atoms with Crippen LogP contribution in [0.3, 0.4) is 0 Å². The molecular formula is C25H15BrN2O2. The van der Waals surface area contributed by atoms with Crippen LogP contribution in [0.2, 0.25) is 0 Å². The molecule has 2 bridgehead atoms. The highest BCUT2D eigenvalue weighted by molar-refractivity contribution is 9.10. The number of nitriles is 1. The van der Waals surface area contributed by atoms with E-state index in [-0.39, 0.29) is 17.7 Å². The van der Waals surface area contributed by atoms with Gasteiger partial charge in [-0.3, -0.25) is 9.59 Å². The highest BCUT2D eigenvalue weighted by Crippen LogP contribution is 2.64. The molecule has 4 nitrogen and oxygen atoms in total. The van der Waals surface area contributed by atoms with Crippen LogP contribution < -0.4 is 4.90 Å². The number of carbonyl (C=O) groups is 2. The van der Waals surface area contributed by atoms with Crippen LogP contribution in [0.5, 0.6) is 0 Å². The summed E-state index contributed by atoms with van der Waals surface area (Å²) in [6, 6.07) is 25.3. The lowest BCUT2D eigenvalue weighted by Crippen LogP contribution is -2.52. The fourth-order valence-corrected chi connectivity index (χ4v) is 6.29. The molecule has 2 atom stereocenters. The minimum Gasteiger partial charge on any atom is -0.274 e. The number of rotatable bonds is 1. The van der Waals surface area contributed by atoms with Crippen LogP contribution >= 0.6 is 15.9 Å². The second-order valence-corrected chi connectivity index (χ2v) is 8.89. The van der Waals surface area contributed by atoms with Crippen molar-refractivity contribution < 1.29 is 9.59 Å². The van der Waals surface area contributed by atoms with Gasteiger partial charge in [0.1, 0.15) is 5.41 Å². The molecular weight excluding hydrogens is 440 g/mol. The summed E-state index contributed by atoms with van der Waals surface area (Å²) in [5.41, 5.74) is 3.03. The Kier molecular flexibility index (Phi) is 3.46. The van der Waals surface area contributed by atoms with Gasteiger partial charge in [-0.15, -0.1) is 0 Å². The summed E-state index contributed by atoms with van der Waals surface area (Å²) in [6.45, 7) is 0. The van der Waals surface area contributed by atoms with Gasteiger partial charge in [-0.25, -0.2) is 4.90 Å².